The zero-order valence-electron chi connectivity index (χ0n) is 9.52. The summed E-state index contributed by atoms with van der Waals surface area (Å²) in [4.78, 5) is 6.96. The molecule has 2 heterocycles. The number of nitrogens with zero attached hydrogens (tertiary/aromatic N) is 2. The van der Waals surface area contributed by atoms with Crippen molar-refractivity contribution in [2.75, 3.05) is 20.1 Å². The van der Waals surface area contributed by atoms with E-state index in [1.54, 1.807) is 0 Å². The topological polar surface area (TPSA) is 27.6 Å². The van der Waals surface area contributed by atoms with Crippen molar-refractivity contribution in [3.8, 4) is 0 Å². The molecule has 1 atom stereocenters. The van der Waals surface area contributed by atoms with Crippen LogP contribution in [0.2, 0.25) is 0 Å². The van der Waals surface area contributed by atoms with E-state index in [1.807, 2.05) is 6.21 Å². The normalized spacial score (nSPS) is 28.9. The Hall–Kier alpha value is -0.640. The van der Waals surface area contributed by atoms with Crippen LogP contribution in [0, 0.1) is 0 Å². The van der Waals surface area contributed by atoms with Crippen molar-refractivity contribution < 1.29 is 0 Å². The number of fused-ring (bicyclic) bond motifs is 2. The summed E-state index contributed by atoms with van der Waals surface area (Å²) < 4.78 is 0. The molecule has 1 N–H and O–H groups in total. The maximum atomic E-state index is 4.39. The second-order valence-electron chi connectivity index (χ2n) is 4.52. The van der Waals surface area contributed by atoms with Crippen LogP contribution in [0.15, 0.2) is 28.4 Å². The largest absolute Gasteiger partial charge is 0.317 e. The van der Waals surface area contributed by atoms with E-state index >= 15 is 0 Å². The molecule has 3 nitrogen and oxygen atoms in total. The van der Waals surface area contributed by atoms with Crippen molar-refractivity contribution in [3.05, 3.63) is 23.4 Å². The van der Waals surface area contributed by atoms with Gasteiger partial charge in [0, 0.05) is 25.3 Å². The Morgan fingerprint density at radius 1 is 1.38 bits per heavy atom. The number of nitrogens with one attached hydrogen (secondary N) is 1. The number of rotatable bonds is 2. The molecule has 3 aliphatic rings. The Balaban J connectivity index is 0.000000963. The van der Waals surface area contributed by atoms with E-state index < -0.39 is 0 Å². The molecule has 1 aliphatic carbocycles. The zero-order chi connectivity index (χ0) is 10.3. The van der Waals surface area contributed by atoms with Gasteiger partial charge < -0.3 is 5.32 Å². The number of dihydropyridines is 1. The lowest BCUT2D eigenvalue weighted by molar-refractivity contribution is 0.174. The van der Waals surface area contributed by atoms with E-state index in [0.29, 0.717) is 12.1 Å². The van der Waals surface area contributed by atoms with Crippen molar-refractivity contribution in [2.24, 2.45) is 4.99 Å². The van der Waals surface area contributed by atoms with Gasteiger partial charge in [-0.05, 0) is 37.6 Å². The Kier molecular flexibility index (Phi) is 3.47. The molecule has 4 heteroatoms. The molecular formula is C12H18ClN3. The Morgan fingerprint density at radius 2 is 2.12 bits per heavy atom. The molecule has 2 bridgehead atoms. The van der Waals surface area contributed by atoms with Gasteiger partial charge in [0.25, 0.3) is 0 Å². The van der Waals surface area contributed by atoms with E-state index in [1.165, 1.54) is 37.2 Å². The molecule has 0 amide bonds. The average molecular weight is 240 g/mol. The van der Waals surface area contributed by atoms with E-state index in [9.17, 15) is 0 Å². The molecule has 3 rings (SSSR count). The van der Waals surface area contributed by atoms with Gasteiger partial charge in [-0.2, -0.15) is 0 Å². The zero-order valence-corrected chi connectivity index (χ0v) is 10.3. The van der Waals surface area contributed by atoms with Crippen LogP contribution < -0.4 is 5.32 Å². The van der Waals surface area contributed by atoms with Gasteiger partial charge in [-0.1, -0.05) is 0 Å². The Morgan fingerprint density at radius 3 is 2.62 bits per heavy atom. The van der Waals surface area contributed by atoms with Crippen molar-refractivity contribution in [1.82, 2.24) is 10.2 Å². The smallest absolute Gasteiger partial charge is 0.0777 e. The number of allylic oxidation sites excluding steroid dienone is 1. The van der Waals surface area contributed by atoms with Gasteiger partial charge in [0.15, 0.2) is 0 Å². The standard InChI is InChI=1S/C12H17N3.ClH/c1-13-10-3-6-15(7-4-10)12-9-2-5-14-11(12)8-9;/h2,5,8,10,12-13H,3-4,6-7H2,1H3;1H. The second-order valence-corrected chi connectivity index (χ2v) is 4.52. The van der Waals surface area contributed by atoms with Crippen molar-refractivity contribution in [2.45, 2.75) is 24.9 Å². The van der Waals surface area contributed by atoms with Gasteiger partial charge in [0.05, 0.1) is 11.7 Å². The molecule has 88 valence electrons. The predicted molar refractivity (Wildman–Crippen MR) is 69.3 cm³/mol. The quantitative estimate of drug-likeness (QED) is 0.788. The lowest BCUT2D eigenvalue weighted by atomic mass is 9.86. The third-order valence-corrected chi connectivity index (χ3v) is 3.70. The van der Waals surface area contributed by atoms with Crippen LogP contribution in [0.5, 0.6) is 0 Å². The van der Waals surface area contributed by atoms with Crippen LogP contribution in [0.25, 0.3) is 0 Å². The Labute approximate surface area is 103 Å². The van der Waals surface area contributed by atoms with E-state index in [0.717, 1.165) is 0 Å². The van der Waals surface area contributed by atoms with Crippen LogP contribution in [0.1, 0.15) is 12.8 Å². The minimum absolute atomic E-state index is 0. The van der Waals surface area contributed by atoms with Crippen LogP contribution >= 0.6 is 12.4 Å². The van der Waals surface area contributed by atoms with Crippen LogP contribution in [0.3, 0.4) is 0 Å². The molecule has 0 radical (unpaired) electrons. The maximum absolute atomic E-state index is 4.39. The minimum atomic E-state index is 0. The maximum Gasteiger partial charge on any atom is 0.0777 e. The third kappa shape index (κ3) is 1.83. The van der Waals surface area contributed by atoms with Gasteiger partial charge in [-0.15, -0.1) is 12.4 Å². The average Bonchev–Trinajstić information content (AvgIpc) is 2.31. The fourth-order valence-corrected chi connectivity index (χ4v) is 2.70. The first-order valence-corrected chi connectivity index (χ1v) is 5.75. The highest BCUT2D eigenvalue weighted by molar-refractivity contribution is 5.85. The molecule has 0 aromatic rings. The molecule has 0 aromatic heterocycles. The number of hydrogen-bond acceptors (Lipinski definition) is 3. The minimum Gasteiger partial charge on any atom is -0.317 e. The predicted octanol–water partition coefficient (Wildman–Crippen LogP) is 1.37. The number of hydrogen-bond donors (Lipinski definition) is 1. The molecular weight excluding hydrogens is 222 g/mol. The van der Waals surface area contributed by atoms with Gasteiger partial charge in [-0.3, -0.25) is 9.89 Å². The van der Waals surface area contributed by atoms with Crippen molar-refractivity contribution in [1.29, 1.82) is 0 Å². The second kappa shape index (κ2) is 4.70. The fraction of sp³-hybridized carbons (Fsp3) is 0.583. The molecule has 0 aromatic carbocycles. The molecule has 0 spiro atoms. The lowest BCUT2D eigenvalue weighted by Crippen LogP contribution is -2.49. The number of piperidine rings is 1. The summed E-state index contributed by atoms with van der Waals surface area (Å²) in [6, 6.07) is 1.24. The van der Waals surface area contributed by atoms with Gasteiger partial charge in [0.1, 0.15) is 0 Å². The monoisotopic (exact) mass is 239 g/mol. The summed E-state index contributed by atoms with van der Waals surface area (Å²) in [5, 5.41) is 3.36. The van der Waals surface area contributed by atoms with E-state index in [2.05, 4.69) is 34.4 Å². The molecule has 1 saturated heterocycles. The van der Waals surface area contributed by atoms with Gasteiger partial charge in [0.2, 0.25) is 0 Å². The van der Waals surface area contributed by atoms with Crippen molar-refractivity contribution in [3.63, 3.8) is 0 Å². The summed E-state index contributed by atoms with van der Waals surface area (Å²) in [6.45, 7) is 2.39. The molecule has 1 unspecified atom stereocenters. The van der Waals surface area contributed by atoms with Crippen molar-refractivity contribution >= 4 is 18.6 Å². The summed E-state index contributed by atoms with van der Waals surface area (Å²) in [5.74, 6) is 0. The highest BCUT2D eigenvalue weighted by Gasteiger charge is 2.35. The third-order valence-electron chi connectivity index (χ3n) is 3.70. The van der Waals surface area contributed by atoms with Crippen LogP contribution in [-0.2, 0) is 0 Å². The highest BCUT2D eigenvalue weighted by Crippen LogP contribution is 2.35. The summed E-state index contributed by atoms with van der Waals surface area (Å²) >= 11 is 0. The fourth-order valence-electron chi connectivity index (χ4n) is 2.70. The van der Waals surface area contributed by atoms with E-state index in [4.69, 9.17) is 0 Å². The van der Waals surface area contributed by atoms with Crippen LogP contribution in [-0.4, -0.2) is 43.3 Å². The molecule has 16 heavy (non-hydrogen) atoms. The number of halogens is 1. The van der Waals surface area contributed by atoms with Gasteiger partial charge >= 0.3 is 0 Å². The summed E-state index contributed by atoms with van der Waals surface area (Å²) in [6.07, 6.45) is 8.78. The Bertz CT molecular complexity index is 340. The van der Waals surface area contributed by atoms with E-state index in [-0.39, 0.29) is 12.4 Å². The summed E-state index contributed by atoms with van der Waals surface area (Å²) in [7, 11) is 2.06. The van der Waals surface area contributed by atoms with Gasteiger partial charge in [-0.25, -0.2) is 0 Å². The molecule has 1 fully saturated rings. The first-order valence-electron chi connectivity index (χ1n) is 5.75. The van der Waals surface area contributed by atoms with Crippen LogP contribution in [0.4, 0.5) is 0 Å². The summed E-state index contributed by atoms with van der Waals surface area (Å²) in [5.41, 5.74) is 2.71. The first-order chi connectivity index (χ1) is 7.38. The number of aliphatic imine (C=N–C) groups is 1. The number of likely N-dealkylation sites (tertiary alicyclic amines) is 1. The molecule has 0 saturated carbocycles. The highest BCUT2D eigenvalue weighted by atomic mass is 35.5. The first kappa shape index (κ1) is 11.8. The SMILES string of the molecule is CNC1CCN(C2C3=CC=NC2=C3)CC1.Cl. The lowest BCUT2D eigenvalue weighted by Gasteiger charge is -2.42. The molecule has 2 aliphatic heterocycles.